The number of benzene rings is 8. The highest BCUT2D eigenvalue weighted by atomic mass is 32.1. The van der Waals surface area contributed by atoms with Crippen molar-refractivity contribution in [2.24, 2.45) is 0 Å². The topological polar surface area (TPSA) is 8.17 Å². The molecule has 0 N–H and O–H groups in total. The Morgan fingerprint density at radius 1 is 0.458 bits per heavy atom. The van der Waals surface area contributed by atoms with Crippen molar-refractivity contribution < 1.29 is 0 Å². The van der Waals surface area contributed by atoms with Gasteiger partial charge in [0.25, 0.3) is 6.71 Å². The summed E-state index contributed by atoms with van der Waals surface area (Å²) in [6, 6.07) is 56.6. The lowest BCUT2D eigenvalue weighted by molar-refractivity contribution is 1.18. The van der Waals surface area contributed by atoms with Gasteiger partial charge in [-0.25, -0.2) is 0 Å². The van der Waals surface area contributed by atoms with E-state index in [4.69, 9.17) is 0 Å². The molecular formula is C44H25BN2S. The zero-order valence-electron chi connectivity index (χ0n) is 25.8. The number of anilines is 3. The number of hydrogen-bond acceptors (Lipinski definition) is 2. The van der Waals surface area contributed by atoms with Crippen LogP contribution in [0.15, 0.2) is 152 Å². The molecule has 0 bridgehead atoms. The molecule has 2 nitrogen and oxygen atoms in total. The Morgan fingerprint density at radius 3 is 1.83 bits per heavy atom. The van der Waals surface area contributed by atoms with Gasteiger partial charge in [0.1, 0.15) is 0 Å². The Hall–Kier alpha value is -5.84. The van der Waals surface area contributed by atoms with Gasteiger partial charge in [0, 0.05) is 48.2 Å². The summed E-state index contributed by atoms with van der Waals surface area (Å²) in [6.07, 6.45) is 0. The van der Waals surface area contributed by atoms with E-state index >= 15 is 0 Å². The van der Waals surface area contributed by atoms with Crippen LogP contribution in [0.4, 0.5) is 17.1 Å². The molecule has 4 heterocycles. The third-order valence-electron chi connectivity index (χ3n) is 10.9. The predicted molar refractivity (Wildman–Crippen MR) is 208 cm³/mol. The standard InChI is InChI=1S/C44H25BN2S/c1-2-12-26(13-3-1)46-37-21-11-22-38-41(37)45(44-43(46)32-18-8-9-23-40(32)48-44)36-20-10-19-31-35-24-33-29-16-6-4-14-27(29)28-15-5-7-17-30(28)34(33)25-39(35)47(38)42(31)36/h1-25H. The lowest BCUT2D eigenvalue weighted by atomic mass is 9.36. The number of rotatable bonds is 1. The van der Waals surface area contributed by atoms with E-state index in [2.05, 4.69) is 161 Å². The summed E-state index contributed by atoms with van der Waals surface area (Å²) in [5, 5.41) is 11.8. The van der Waals surface area contributed by atoms with Crippen LogP contribution in [0, 0.1) is 0 Å². The van der Waals surface area contributed by atoms with Gasteiger partial charge in [-0.15, -0.1) is 11.3 Å². The highest BCUT2D eigenvalue weighted by Crippen LogP contribution is 2.46. The first-order chi connectivity index (χ1) is 23.8. The van der Waals surface area contributed by atoms with Crippen LogP contribution in [0.1, 0.15) is 0 Å². The zero-order chi connectivity index (χ0) is 31.1. The molecule has 4 heteroatoms. The van der Waals surface area contributed by atoms with Crippen molar-refractivity contribution in [1.82, 2.24) is 4.57 Å². The van der Waals surface area contributed by atoms with Crippen LogP contribution < -0.4 is 20.6 Å². The van der Waals surface area contributed by atoms with E-state index in [1.54, 1.807) is 0 Å². The van der Waals surface area contributed by atoms with Crippen molar-refractivity contribution in [3.05, 3.63) is 152 Å². The molecule has 0 saturated carbocycles. The van der Waals surface area contributed by atoms with Crippen LogP contribution in [0.3, 0.4) is 0 Å². The largest absolute Gasteiger partial charge is 0.310 e. The summed E-state index contributed by atoms with van der Waals surface area (Å²) in [4.78, 5) is 2.52. The van der Waals surface area contributed by atoms with Gasteiger partial charge < -0.3 is 9.47 Å². The molecule has 12 rings (SSSR count). The number of hydrogen-bond donors (Lipinski definition) is 0. The van der Waals surface area contributed by atoms with Crippen molar-refractivity contribution in [2.75, 3.05) is 4.90 Å². The van der Waals surface area contributed by atoms with Crippen molar-refractivity contribution in [3.8, 4) is 5.69 Å². The van der Waals surface area contributed by atoms with Crippen molar-refractivity contribution in [3.63, 3.8) is 0 Å². The average molecular weight is 625 g/mol. The van der Waals surface area contributed by atoms with E-state index in [1.807, 2.05) is 11.3 Å². The molecule has 0 saturated heterocycles. The maximum Gasteiger partial charge on any atom is 0.264 e. The van der Waals surface area contributed by atoms with Gasteiger partial charge in [-0.2, -0.15) is 0 Å². The summed E-state index contributed by atoms with van der Waals surface area (Å²) in [5.41, 5.74) is 10.4. The fourth-order valence-corrected chi connectivity index (χ4v) is 10.4. The maximum atomic E-state index is 2.58. The second kappa shape index (κ2) is 8.94. The first-order valence-electron chi connectivity index (χ1n) is 16.7. The van der Waals surface area contributed by atoms with Gasteiger partial charge in [0.15, 0.2) is 0 Å². The molecular weight excluding hydrogens is 599 g/mol. The number of aromatic nitrogens is 1. The fourth-order valence-electron chi connectivity index (χ4n) is 9.07. The van der Waals surface area contributed by atoms with Gasteiger partial charge in [-0.1, -0.05) is 109 Å². The summed E-state index contributed by atoms with van der Waals surface area (Å²) < 4.78 is 5.34. The second-order valence-corrected chi connectivity index (χ2v) is 14.3. The van der Waals surface area contributed by atoms with E-state index in [1.165, 1.54) is 103 Å². The van der Waals surface area contributed by atoms with Crippen LogP contribution in [0.5, 0.6) is 0 Å². The quantitative estimate of drug-likeness (QED) is 0.130. The van der Waals surface area contributed by atoms with Gasteiger partial charge in [-0.3, -0.25) is 0 Å². The van der Waals surface area contributed by atoms with Crippen molar-refractivity contribution >= 4 is 115 Å². The number of thiophene rings is 1. The van der Waals surface area contributed by atoms with E-state index in [0.717, 1.165) is 0 Å². The number of fused-ring (bicyclic) bond motifs is 15. The molecule has 2 aromatic heterocycles. The average Bonchev–Trinajstić information content (AvgIpc) is 3.69. The monoisotopic (exact) mass is 624 g/mol. The third kappa shape index (κ3) is 3.01. The van der Waals surface area contributed by atoms with E-state index in [0.29, 0.717) is 0 Å². The van der Waals surface area contributed by atoms with Gasteiger partial charge in [0.05, 0.1) is 11.2 Å². The normalized spacial score (nSPS) is 13.3. The molecule has 8 aromatic carbocycles. The molecule has 0 spiro atoms. The van der Waals surface area contributed by atoms with Crippen LogP contribution in [0.2, 0.25) is 0 Å². The molecule has 0 amide bonds. The second-order valence-electron chi connectivity index (χ2n) is 13.2. The molecule has 0 radical (unpaired) electrons. The van der Waals surface area contributed by atoms with Gasteiger partial charge in [0.2, 0.25) is 0 Å². The van der Waals surface area contributed by atoms with E-state index in [9.17, 15) is 0 Å². The Balaban J connectivity index is 1.27. The highest BCUT2D eigenvalue weighted by Gasteiger charge is 2.43. The van der Waals surface area contributed by atoms with Crippen LogP contribution >= 0.6 is 11.3 Å². The summed E-state index contributed by atoms with van der Waals surface area (Å²) in [7, 11) is 0. The van der Waals surface area contributed by atoms with Crippen molar-refractivity contribution in [2.45, 2.75) is 0 Å². The SMILES string of the molecule is c1ccc(N2c3cccc4c3B(c3sc5ccccc5c32)c2cccc3c5cc6c7ccccc7c7ccccc7c6cc5n-4c23)cc1. The molecule has 2 aliphatic heterocycles. The van der Waals surface area contributed by atoms with Gasteiger partial charge >= 0.3 is 0 Å². The van der Waals surface area contributed by atoms with E-state index in [-0.39, 0.29) is 6.71 Å². The molecule has 0 fully saturated rings. The summed E-state index contributed by atoms with van der Waals surface area (Å²) in [6.45, 7) is 0.153. The minimum absolute atomic E-state index is 0.153. The Bertz CT molecular complexity index is 3030. The zero-order valence-corrected chi connectivity index (χ0v) is 26.6. The highest BCUT2D eigenvalue weighted by molar-refractivity contribution is 7.33. The van der Waals surface area contributed by atoms with Crippen LogP contribution in [0.25, 0.3) is 69.9 Å². The minimum Gasteiger partial charge on any atom is -0.310 e. The Kier molecular flexibility index (Phi) is 4.71. The van der Waals surface area contributed by atoms with Crippen LogP contribution in [-0.2, 0) is 0 Å². The van der Waals surface area contributed by atoms with Gasteiger partial charge in [-0.05, 0) is 85.7 Å². The molecule has 2 aliphatic rings. The molecule has 0 atom stereocenters. The predicted octanol–water partition coefficient (Wildman–Crippen LogP) is 10.1. The lowest BCUT2D eigenvalue weighted by Crippen LogP contribution is -2.59. The molecule has 10 aromatic rings. The fraction of sp³-hybridized carbons (Fsp3) is 0. The minimum atomic E-state index is 0.153. The van der Waals surface area contributed by atoms with Crippen LogP contribution in [-0.4, -0.2) is 11.3 Å². The molecule has 48 heavy (non-hydrogen) atoms. The number of nitrogens with zero attached hydrogens (tertiary/aromatic N) is 2. The number of para-hydroxylation sites is 2. The molecule has 0 aliphatic carbocycles. The van der Waals surface area contributed by atoms with E-state index < -0.39 is 0 Å². The van der Waals surface area contributed by atoms with Crippen molar-refractivity contribution in [1.29, 1.82) is 0 Å². The Morgan fingerprint density at radius 2 is 1.06 bits per heavy atom. The summed E-state index contributed by atoms with van der Waals surface area (Å²) in [5.74, 6) is 0. The lowest BCUT2D eigenvalue weighted by Gasteiger charge is -2.38. The first kappa shape index (κ1) is 25.3. The Labute approximate surface area is 280 Å². The molecule has 0 unspecified atom stereocenters. The third-order valence-corrected chi connectivity index (χ3v) is 12.1. The molecule has 220 valence electrons. The smallest absolute Gasteiger partial charge is 0.264 e. The summed E-state index contributed by atoms with van der Waals surface area (Å²) >= 11 is 1.96. The maximum absolute atomic E-state index is 2.58. The first-order valence-corrected chi connectivity index (χ1v) is 17.5.